The van der Waals surface area contributed by atoms with Gasteiger partial charge in [-0.25, -0.2) is 4.98 Å². The standard InChI is InChI=1S/C14H14N4O2S/c1-2-20-9-4-3-7(8-5-17-6-18-8)12-10(9)11(15)13(21-12)14(16)19/h3-6H,2,15H2,1H3,(H2,16,19)(H,17,18). The molecule has 3 rings (SSSR count). The van der Waals surface area contributed by atoms with Crippen LogP contribution in [0.2, 0.25) is 0 Å². The highest BCUT2D eigenvalue weighted by molar-refractivity contribution is 7.22. The van der Waals surface area contributed by atoms with Gasteiger partial charge in [0.15, 0.2) is 0 Å². The molecule has 0 unspecified atom stereocenters. The SMILES string of the molecule is CCOc1ccc(-c2cnc[nH]2)c2sc(C(N)=O)c(N)c12. The summed E-state index contributed by atoms with van der Waals surface area (Å²) >= 11 is 1.27. The minimum atomic E-state index is -0.535. The maximum absolute atomic E-state index is 11.6. The monoisotopic (exact) mass is 302 g/mol. The Balaban J connectivity index is 2.35. The average molecular weight is 302 g/mol. The molecule has 0 saturated heterocycles. The summed E-state index contributed by atoms with van der Waals surface area (Å²) in [6, 6.07) is 3.76. The van der Waals surface area contributed by atoms with Crippen LogP contribution in [0.5, 0.6) is 5.75 Å². The molecule has 1 amide bonds. The molecule has 0 aliphatic heterocycles. The zero-order valence-corrected chi connectivity index (χ0v) is 12.2. The second-order valence-electron chi connectivity index (χ2n) is 4.42. The van der Waals surface area contributed by atoms with Crippen LogP contribution in [0.3, 0.4) is 0 Å². The van der Waals surface area contributed by atoms with Crippen LogP contribution in [0.15, 0.2) is 24.7 Å². The lowest BCUT2D eigenvalue weighted by molar-refractivity contribution is 0.100. The van der Waals surface area contributed by atoms with Gasteiger partial charge in [0.1, 0.15) is 10.6 Å². The molecule has 0 aliphatic rings. The van der Waals surface area contributed by atoms with Crippen LogP contribution < -0.4 is 16.2 Å². The number of imidazole rings is 1. The maximum Gasteiger partial charge on any atom is 0.260 e. The Bertz CT molecular complexity index is 808. The van der Waals surface area contributed by atoms with E-state index in [1.54, 1.807) is 12.5 Å². The van der Waals surface area contributed by atoms with Gasteiger partial charge >= 0.3 is 0 Å². The first-order chi connectivity index (χ1) is 10.1. The Morgan fingerprint density at radius 1 is 1.48 bits per heavy atom. The lowest BCUT2D eigenvalue weighted by Gasteiger charge is -2.08. The van der Waals surface area contributed by atoms with Gasteiger partial charge in [-0.05, 0) is 19.1 Å². The molecule has 7 heteroatoms. The summed E-state index contributed by atoms with van der Waals surface area (Å²) in [5.41, 5.74) is 13.6. The second-order valence-corrected chi connectivity index (χ2v) is 5.44. The van der Waals surface area contributed by atoms with Gasteiger partial charge < -0.3 is 21.2 Å². The number of aromatic nitrogens is 2. The number of anilines is 1. The lowest BCUT2D eigenvalue weighted by atomic mass is 10.1. The van der Waals surface area contributed by atoms with Gasteiger partial charge in [0.25, 0.3) is 5.91 Å². The third-order valence-corrected chi connectivity index (χ3v) is 4.40. The minimum absolute atomic E-state index is 0.345. The average Bonchev–Trinajstić information content (AvgIpc) is 3.08. The van der Waals surface area contributed by atoms with Crippen LogP contribution in [0.25, 0.3) is 21.3 Å². The zero-order chi connectivity index (χ0) is 15.0. The number of nitrogens with two attached hydrogens (primary N) is 2. The molecule has 0 fully saturated rings. The smallest absolute Gasteiger partial charge is 0.260 e. The predicted octanol–water partition coefficient (Wildman–Crippen LogP) is 2.37. The van der Waals surface area contributed by atoms with E-state index in [1.807, 2.05) is 19.1 Å². The second kappa shape index (κ2) is 5.10. The highest BCUT2D eigenvalue weighted by Gasteiger charge is 2.20. The van der Waals surface area contributed by atoms with Gasteiger partial charge in [0.2, 0.25) is 0 Å². The molecule has 0 bridgehead atoms. The molecule has 108 valence electrons. The summed E-state index contributed by atoms with van der Waals surface area (Å²) in [6.45, 7) is 2.41. The number of hydrogen-bond donors (Lipinski definition) is 3. The Kier molecular flexibility index (Phi) is 3.26. The molecule has 0 atom stereocenters. The quantitative estimate of drug-likeness (QED) is 0.687. The number of primary amides is 1. The van der Waals surface area contributed by atoms with Gasteiger partial charge in [-0.1, -0.05) is 0 Å². The van der Waals surface area contributed by atoms with E-state index in [2.05, 4.69) is 9.97 Å². The van der Waals surface area contributed by atoms with Gasteiger partial charge in [-0.15, -0.1) is 11.3 Å². The minimum Gasteiger partial charge on any atom is -0.493 e. The number of fused-ring (bicyclic) bond motifs is 1. The number of aromatic amines is 1. The molecule has 0 aliphatic carbocycles. The number of amides is 1. The van der Waals surface area contributed by atoms with Crippen molar-refractivity contribution in [3.63, 3.8) is 0 Å². The Labute approximate surface area is 124 Å². The van der Waals surface area contributed by atoms with Crippen LogP contribution in [-0.4, -0.2) is 22.5 Å². The predicted molar refractivity (Wildman–Crippen MR) is 83.5 cm³/mol. The van der Waals surface area contributed by atoms with Crippen molar-refractivity contribution in [3.05, 3.63) is 29.5 Å². The number of H-pyrrole nitrogens is 1. The largest absolute Gasteiger partial charge is 0.493 e. The van der Waals surface area contributed by atoms with E-state index >= 15 is 0 Å². The first kappa shape index (κ1) is 13.4. The lowest BCUT2D eigenvalue weighted by Crippen LogP contribution is -2.10. The van der Waals surface area contributed by atoms with E-state index in [0.29, 0.717) is 22.9 Å². The maximum atomic E-state index is 11.6. The fraction of sp³-hybridized carbons (Fsp3) is 0.143. The van der Waals surface area contributed by atoms with Crippen molar-refractivity contribution in [3.8, 4) is 17.0 Å². The first-order valence-electron chi connectivity index (χ1n) is 6.39. The zero-order valence-electron chi connectivity index (χ0n) is 11.3. The van der Waals surface area contributed by atoms with Crippen molar-refractivity contribution in [1.29, 1.82) is 0 Å². The molecule has 1 aromatic carbocycles. The molecule has 0 saturated carbocycles. The highest BCUT2D eigenvalue weighted by Crippen LogP contribution is 2.44. The third-order valence-electron chi connectivity index (χ3n) is 3.15. The number of nitrogen functional groups attached to an aromatic ring is 1. The molecular formula is C14H14N4O2S. The third kappa shape index (κ3) is 2.11. The molecule has 2 heterocycles. The number of nitrogens with zero attached hydrogens (tertiary/aromatic N) is 1. The van der Waals surface area contributed by atoms with Gasteiger partial charge in [0.05, 0.1) is 40.6 Å². The van der Waals surface area contributed by atoms with Crippen molar-refractivity contribution >= 4 is 33.0 Å². The Morgan fingerprint density at radius 3 is 2.90 bits per heavy atom. The molecule has 3 aromatic rings. The summed E-state index contributed by atoms with van der Waals surface area (Å²) in [7, 11) is 0. The normalized spacial score (nSPS) is 10.9. The van der Waals surface area contributed by atoms with Crippen LogP contribution in [0.4, 0.5) is 5.69 Å². The Morgan fingerprint density at radius 2 is 2.29 bits per heavy atom. The van der Waals surface area contributed by atoms with Crippen LogP contribution in [0.1, 0.15) is 16.6 Å². The fourth-order valence-electron chi connectivity index (χ4n) is 2.27. The first-order valence-corrected chi connectivity index (χ1v) is 7.21. The molecule has 0 radical (unpaired) electrons. The number of nitrogens with one attached hydrogen (secondary N) is 1. The van der Waals surface area contributed by atoms with E-state index in [4.69, 9.17) is 16.2 Å². The number of thiophene rings is 1. The number of benzene rings is 1. The van der Waals surface area contributed by atoms with Crippen LogP contribution in [-0.2, 0) is 0 Å². The molecule has 6 nitrogen and oxygen atoms in total. The van der Waals surface area contributed by atoms with Crippen molar-refractivity contribution in [2.45, 2.75) is 6.92 Å². The van der Waals surface area contributed by atoms with E-state index < -0.39 is 5.91 Å². The van der Waals surface area contributed by atoms with E-state index in [9.17, 15) is 4.79 Å². The summed E-state index contributed by atoms with van der Waals surface area (Å²) in [5.74, 6) is 0.115. The van der Waals surface area contributed by atoms with Crippen molar-refractivity contribution in [1.82, 2.24) is 9.97 Å². The summed E-state index contributed by atoms with van der Waals surface area (Å²) < 4.78 is 6.47. The number of carbonyl (C=O) groups excluding carboxylic acids is 1. The summed E-state index contributed by atoms with van der Waals surface area (Å²) in [5, 5.41) is 0.725. The Hall–Kier alpha value is -2.54. The molecule has 5 N–H and O–H groups in total. The topological polar surface area (TPSA) is 107 Å². The molecule has 2 aromatic heterocycles. The van der Waals surface area contributed by atoms with Crippen molar-refractivity contribution in [2.24, 2.45) is 5.73 Å². The molecular weight excluding hydrogens is 288 g/mol. The van der Waals surface area contributed by atoms with E-state index in [0.717, 1.165) is 21.3 Å². The van der Waals surface area contributed by atoms with Crippen molar-refractivity contribution < 1.29 is 9.53 Å². The van der Waals surface area contributed by atoms with Gasteiger partial charge in [-0.3, -0.25) is 4.79 Å². The number of hydrogen-bond acceptors (Lipinski definition) is 5. The summed E-state index contributed by atoms with van der Waals surface area (Å²) in [4.78, 5) is 19.0. The molecule has 0 spiro atoms. The van der Waals surface area contributed by atoms with Crippen LogP contribution >= 0.6 is 11.3 Å². The van der Waals surface area contributed by atoms with Crippen LogP contribution in [0, 0.1) is 0 Å². The van der Waals surface area contributed by atoms with E-state index in [-0.39, 0.29) is 0 Å². The summed E-state index contributed by atoms with van der Waals surface area (Å²) in [6.07, 6.45) is 3.32. The van der Waals surface area contributed by atoms with E-state index in [1.165, 1.54) is 11.3 Å². The van der Waals surface area contributed by atoms with Crippen molar-refractivity contribution in [2.75, 3.05) is 12.3 Å². The fourth-order valence-corrected chi connectivity index (χ4v) is 3.39. The highest BCUT2D eigenvalue weighted by atomic mass is 32.1. The van der Waals surface area contributed by atoms with Gasteiger partial charge in [-0.2, -0.15) is 0 Å². The number of ether oxygens (including phenoxy) is 1. The number of carbonyl (C=O) groups is 1. The number of rotatable bonds is 4. The van der Waals surface area contributed by atoms with Gasteiger partial charge in [0, 0.05) is 5.56 Å². The molecule has 21 heavy (non-hydrogen) atoms.